The molecule has 0 amide bonds. The molecule has 1 aliphatic rings. The Morgan fingerprint density at radius 2 is 1.76 bits per heavy atom. The van der Waals surface area contributed by atoms with Crippen LogP contribution in [0.15, 0.2) is 42.5 Å². The lowest BCUT2D eigenvalue weighted by Gasteiger charge is -2.24. The first-order valence-corrected chi connectivity index (χ1v) is 8.19. The minimum absolute atomic E-state index is 0.559. The number of benzene rings is 2. The zero-order valence-electron chi connectivity index (χ0n) is 13.3. The first-order valence-electron chi connectivity index (χ1n) is 8.19. The molecule has 2 aromatic carbocycles. The quantitative estimate of drug-likeness (QED) is 0.710. The summed E-state index contributed by atoms with van der Waals surface area (Å²) in [6.45, 7) is 7.85. The average Bonchev–Trinajstić information content (AvgIpc) is 2.89. The lowest BCUT2D eigenvalue weighted by Crippen LogP contribution is -2.33. The molecule has 110 valence electrons. The zero-order valence-corrected chi connectivity index (χ0v) is 13.3. The first-order chi connectivity index (χ1) is 10.2. The summed E-state index contributed by atoms with van der Waals surface area (Å²) in [6, 6.07) is 16.4. The van der Waals surface area contributed by atoms with Crippen LogP contribution in [-0.2, 0) is 6.42 Å². The molecule has 1 heteroatoms. The van der Waals surface area contributed by atoms with E-state index in [0.717, 1.165) is 13.0 Å². The molecule has 0 aliphatic heterocycles. The Morgan fingerprint density at radius 1 is 1.00 bits per heavy atom. The second-order valence-electron chi connectivity index (χ2n) is 6.11. The molecule has 2 unspecified atom stereocenters. The lowest BCUT2D eigenvalue weighted by atomic mass is 9.89. The van der Waals surface area contributed by atoms with Crippen molar-refractivity contribution in [3.63, 3.8) is 0 Å². The number of hydrogen-bond donors (Lipinski definition) is 1. The Kier molecular flexibility index (Phi) is 4.12. The Balaban J connectivity index is 1.90. The molecule has 1 nitrogen and oxygen atoms in total. The summed E-state index contributed by atoms with van der Waals surface area (Å²) in [4.78, 5) is 0. The summed E-state index contributed by atoms with van der Waals surface area (Å²) in [5.74, 6) is 0.559. The predicted octanol–water partition coefficient (Wildman–Crippen LogP) is 4.75. The Bertz CT molecular complexity index is 629. The van der Waals surface area contributed by atoms with Crippen LogP contribution < -0.4 is 5.32 Å². The molecule has 2 aromatic rings. The van der Waals surface area contributed by atoms with Crippen LogP contribution in [0.5, 0.6) is 0 Å². The summed E-state index contributed by atoms with van der Waals surface area (Å²) in [7, 11) is 0. The van der Waals surface area contributed by atoms with E-state index in [4.69, 9.17) is 0 Å². The van der Waals surface area contributed by atoms with Gasteiger partial charge in [-0.2, -0.15) is 0 Å². The van der Waals surface area contributed by atoms with Gasteiger partial charge in [0.25, 0.3) is 0 Å². The molecule has 2 atom stereocenters. The summed E-state index contributed by atoms with van der Waals surface area (Å²) in [5.41, 5.74) is 7.28. The van der Waals surface area contributed by atoms with Gasteiger partial charge in [0, 0.05) is 6.04 Å². The molecule has 0 saturated heterocycles. The molecule has 0 radical (unpaired) electrons. The SMILES string of the molecule is CCNC(CC)C(C)c1ccc2c(c1)Cc1ccccc1-2. The largest absolute Gasteiger partial charge is 0.314 e. The van der Waals surface area contributed by atoms with Crippen LogP contribution in [0.4, 0.5) is 0 Å². The van der Waals surface area contributed by atoms with E-state index in [0.29, 0.717) is 12.0 Å². The maximum absolute atomic E-state index is 3.62. The Morgan fingerprint density at radius 3 is 2.52 bits per heavy atom. The highest BCUT2D eigenvalue weighted by Gasteiger charge is 2.21. The second kappa shape index (κ2) is 6.03. The van der Waals surface area contributed by atoms with Crippen molar-refractivity contribution in [3.8, 4) is 11.1 Å². The standard InChI is InChI=1S/C20H25N/c1-4-20(21-5-2)14(3)15-10-11-19-17(12-15)13-16-8-6-7-9-18(16)19/h6-12,14,20-21H,4-5,13H2,1-3H3. The van der Waals surface area contributed by atoms with Crippen molar-refractivity contribution in [1.29, 1.82) is 0 Å². The maximum Gasteiger partial charge on any atom is 0.0130 e. The normalized spacial score (nSPS) is 15.4. The van der Waals surface area contributed by atoms with Gasteiger partial charge in [0.2, 0.25) is 0 Å². The molecule has 1 aliphatic carbocycles. The van der Waals surface area contributed by atoms with Crippen molar-refractivity contribution in [2.45, 2.75) is 45.6 Å². The average molecular weight is 279 g/mol. The van der Waals surface area contributed by atoms with E-state index >= 15 is 0 Å². The highest BCUT2D eigenvalue weighted by molar-refractivity contribution is 5.77. The van der Waals surface area contributed by atoms with Gasteiger partial charge < -0.3 is 5.32 Å². The topological polar surface area (TPSA) is 12.0 Å². The molecule has 0 heterocycles. The van der Waals surface area contributed by atoms with Crippen molar-refractivity contribution in [3.05, 3.63) is 59.2 Å². The van der Waals surface area contributed by atoms with Gasteiger partial charge in [0.15, 0.2) is 0 Å². The zero-order chi connectivity index (χ0) is 14.8. The smallest absolute Gasteiger partial charge is 0.0130 e. The van der Waals surface area contributed by atoms with Gasteiger partial charge in [-0.25, -0.2) is 0 Å². The van der Waals surface area contributed by atoms with Crippen LogP contribution in [0, 0.1) is 0 Å². The Labute approximate surface area is 128 Å². The molecule has 0 saturated carbocycles. The van der Waals surface area contributed by atoms with E-state index in [-0.39, 0.29) is 0 Å². The number of likely N-dealkylation sites (N-methyl/N-ethyl adjacent to an activating group) is 1. The second-order valence-corrected chi connectivity index (χ2v) is 6.11. The number of nitrogens with one attached hydrogen (secondary N) is 1. The van der Waals surface area contributed by atoms with E-state index in [1.54, 1.807) is 0 Å². The monoisotopic (exact) mass is 279 g/mol. The van der Waals surface area contributed by atoms with Gasteiger partial charge in [0.05, 0.1) is 0 Å². The molecular weight excluding hydrogens is 254 g/mol. The van der Waals surface area contributed by atoms with Gasteiger partial charge in [-0.15, -0.1) is 0 Å². The fraction of sp³-hybridized carbons (Fsp3) is 0.400. The highest BCUT2D eigenvalue weighted by Crippen LogP contribution is 2.38. The van der Waals surface area contributed by atoms with E-state index in [2.05, 4.69) is 68.6 Å². The van der Waals surface area contributed by atoms with Gasteiger partial charge in [0.1, 0.15) is 0 Å². The van der Waals surface area contributed by atoms with Crippen molar-refractivity contribution >= 4 is 0 Å². The van der Waals surface area contributed by atoms with Crippen molar-refractivity contribution in [2.24, 2.45) is 0 Å². The molecule has 21 heavy (non-hydrogen) atoms. The van der Waals surface area contributed by atoms with Crippen molar-refractivity contribution in [2.75, 3.05) is 6.54 Å². The first kappa shape index (κ1) is 14.3. The third kappa shape index (κ3) is 2.63. The van der Waals surface area contributed by atoms with Crippen LogP contribution in [0.25, 0.3) is 11.1 Å². The molecular formula is C20H25N. The van der Waals surface area contributed by atoms with Crippen molar-refractivity contribution < 1.29 is 0 Å². The summed E-state index contributed by atoms with van der Waals surface area (Å²) < 4.78 is 0. The van der Waals surface area contributed by atoms with E-state index in [1.165, 1.54) is 34.2 Å². The van der Waals surface area contributed by atoms with Crippen LogP contribution in [0.2, 0.25) is 0 Å². The predicted molar refractivity (Wildman–Crippen MR) is 90.9 cm³/mol. The maximum atomic E-state index is 3.62. The third-order valence-electron chi connectivity index (χ3n) is 4.85. The molecule has 0 fully saturated rings. The van der Waals surface area contributed by atoms with E-state index < -0.39 is 0 Å². The molecule has 1 N–H and O–H groups in total. The lowest BCUT2D eigenvalue weighted by molar-refractivity contribution is 0.448. The third-order valence-corrected chi connectivity index (χ3v) is 4.85. The number of rotatable bonds is 5. The minimum atomic E-state index is 0.559. The highest BCUT2D eigenvalue weighted by atomic mass is 14.9. The van der Waals surface area contributed by atoms with Crippen LogP contribution >= 0.6 is 0 Å². The van der Waals surface area contributed by atoms with Crippen LogP contribution in [0.3, 0.4) is 0 Å². The summed E-state index contributed by atoms with van der Waals surface area (Å²) in [5, 5.41) is 3.62. The van der Waals surface area contributed by atoms with Crippen molar-refractivity contribution in [1.82, 2.24) is 5.32 Å². The fourth-order valence-corrected chi connectivity index (χ4v) is 3.62. The fourth-order valence-electron chi connectivity index (χ4n) is 3.62. The minimum Gasteiger partial charge on any atom is -0.314 e. The van der Waals surface area contributed by atoms with Gasteiger partial charge >= 0.3 is 0 Å². The van der Waals surface area contributed by atoms with Gasteiger partial charge in [-0.3, -0.25) is 0 Å². The van der Waals surface area contributed by atoms with Gasteiger partial charge in [-0.1, -0.05) is 63.2 Å². The van der Waals surface area contributed by atoms with E-state index in [9.17, 15) is 0 Å². The van der Waals surface area contributed by atoms with Crippen LogP contribution in [0.1, 0.15) is 49.8 Å². The van der Waals surface area contributed by atoms with Gasteiger partial charge in [-0.05, 0) is 53.1 Å². The van der Waals surface area contributed by atoms with E-state index in [1.807, 2.05) is 0 Å². The molecule has 0 spiro atoms. The summed E-state index contributed by atoms with van der Waals surface area (Å²) in [6.07, 6.45) is 2.26. The van der Waals surface area contributed by atoms with Crippen LogP contribution in [-0.4, -0.2) is 12.6 Å². The number of hydrogen-bond acceptors (Lipinski definition) is 1. The molecule has 3 rings (SSSR count). The summed E-state index contributed by atoms with van der Waals surface area (Å²) >= 11 is 0. The Hall–Kier alpha value is -1.60. The molecule has 0 bridgehead atoms. The number of fused-ring (bicyclic) bond motifs is 3. The molecule has 0 aromatic heterocycles.